The molecule has 0 aliphatic heterocycles. The first-order chi connectivity index (χ1) is 4.74. The van der Waals surface area contributed by atoms with Crippen LogP contribution in [0, 0.1) is 9.52 Å². The molecule has 1 aromatic rings. The van der Waals surface area contributed by atoms with Gasteiger partial charge >= 0.3 is 0 Å². The molecule has 1 rings (SSSR count). The molecule has 0 N–H and O–H groups in total. The molecule has 0 saturated heterocycles. The summed E-state index contributed by atoms with van der Waals surface area (Å²) >= 11 is 1.77. The molecule has 0 aliphatic rings. The lowest BCUT2D eigenvalue weighted by Crippen LogP contribution is -1.89. The molecule has 0 radical (unpaired) electrons. The zero-order valence-corrected chi connectivity index (χ0v) is 7.10. The molecule has 0 spiro atoms. The van der Waals surface area contributed by atoms with Crippen LogP contribution in [0.3, 0.4) is 0 Å². The Morgan fingerprint density at radius 2 is 2.30 bits per heavy atom. The van der Waals surface area contributed by atoms with Gasteiger partial charge in [-0.25, -0.2) is 9.37 Å². The molecule has 0 saturated carbocycles. The fourth-order valence-corrected chi connectivity index (χ4v) is 1.07. The smallest absolute Gasteiger partial charge is 0.226 e. The van der Waals surface area contributed by atoms with E-state index in [2.05, 4.69) is 4.98 Å². The first-order valence-corrected chi connectivity index (χ1v) is 3.68. The Kier molecular flexibility index (Phi) is 2.53. The summed E-state index contributed by atoms with van der Waals surface area (Å²) in [6, 6.07) is 1.43. The van der Waals surface area contributed by atoms with Crippen LogP contribution in [0.15, 0.2) is 12.3 Å². The lowest BCUT2D eigenvalue weighted by Gasteiger charge is -1.94. The molecule has 1 nitrogen and oxygen atoms in total. The van der Waals surface area contributed by atoms with Crippen LogP contribution < -0.4 is 0 Å². The van der Waals surface area contributed by atoms with Gasteiger partial charge in [-0.15, -0.1) is 0 Å². The van der Waals surface area contributed by atoms with E-state index >= 15 is 0 Å². The zero-order chi connectivity index (χ0) is 7.56. The minimum atomic E-state index is -0.594. The van der Waals surface area contributed by atoms with Crippen molar-refractivity contribution in [3.63, 3.8) is 0 Å². The lowest BCUT2D eigenvalue weighted by molar-refractivity contribution is 0.481. The second-order valence-electron chi connectivity index (χ2n) is 1.75. The number of rotatable bonds is 1. The summed E-state index contributed by atoms with van der Waals surface area (Å²) in [5.41, 5.74) is 0.408. The minimum Gasteiger partial charge on any atom is -0.246 e. The van der Waals surface area contributed by atoms with Gasteiger partial charge in [0.15, 0.2) is 0 Å². The molecular weight excluding hydrogens is 251 g/mol. The first kappa shape index (κ1) is 7.84. The number of aromatic nitrogens is 1. The fraction of sp³-hybridized carbons (Fsp3) is 0.167. The predicted octanol–water partition coefficient (Wildman–Crippen LogP) is 2.29. The van der Waals surface area contributed by atoms with E-state index in [0.29, 0.717) is 9.13 Å². The van der Waals surface area contributed by atoms with Crippen LogP contribution in [0.25, 0.3) is 0 Å². The van der Waals surface area contributed by atoms with E-state index in [0.717, 1.165) is 0 Å². The van der Waals surface area contributed by atoms with Crippen LogP contribution in [0.5, 0.6) is 0 Å². The van der Waals surface area contributed by atoms with Gasteiger partial charge in [-0.05, 0) is 28.7 Å². The first-order valence-electron chi connectivity index (χ1n) is 2.60. The van der Waals surface area contributed by atoms with Crippen molar-refractivity contribution in [2.45, 2.75) is 6.67 Å². The maximum Gasteiger partial charge on any atom is 0.226 e. The van der Waals surface area contributed by atoms with Crippen molar-refractivity contribution in [2.24, 2.45) is 0 Å². The van der Waals surface area contributed by atoms with E-state index in [1.807, 2.05) is 0 Å². The average Bonchev–Trinajstić information content (AvgIpc) is 1.95. The molecule has 10 heavy (non-hydrogen) atoms. The summed E-state index contributed by atoms with van der Waals surface area (Å²) in [6.45, 7) is -0.594. The van der Waals surface area contributed by atoms with E-state index in [9.17, 15) is 8.78 Å². The highest BCUT2D eigenvalue weighted by atomic mass is 127. The summed E-state index contributed by atoms with van der Waals surface area (Å²) in [5.74, 6) is -0.544. The Balaban J connectivity index is 3.04. The van der Waals surface area contributed by atoms with Crippen LogP contribution >= 0.6 is 22.6 Å². The molecule has 0 atom stereocenters. The van der Waals surface area contributed by atoms with Crippen LogP contribution in [-0.4, -0.2) is 4.98 Å². The highest BCUT2D eigenvalue weighted by Crippen LogP contribution is 2.10. The molecule has 0 unspecified atom stereocenters. The van der Waals surface area contributed by atoms with Crippen LogP contribution in [0.4, 0.5) is 8.78 Å². The quantitative estimate of drug-likeness (QED) is 0.554. The summed E-state index contributed by atoms with van der Waals surface area (Å²) in [6.07, 6.45) is 1.19. The van der Waals surface area contributed by atoms with E-state index in [1.54, 1.807) is 22.6 Å². The molecule has 1 aromatic heterocycles. The largest absolute Gasteiger partial charge is 0.246 e. The zero-order valence-electron chi connectivity index (χ0n) is 4.94. The third kappa shape index (κ3) is 1.62. The lowest BCUT2D eigenvalue weighted by atomic mass is 10.3. The average molecular weight is 255 g/mol. The van der Waals surface area contributed by atoms with Gasteiger partial charge in [0.05, 0.1) is 3.57 Å². The Labute approximate surface area is 70.6 Å². The van der Waals surface area contributed by atoms with E-state index in [-0.39, 0.29) is 0 Å². The topological polar surface area (TPSA) is 12.9 Å². The second kappa shape index (κ2) is 3.23. The molecular formula is C6H4F2IN. The van der Waals surface area contributed by atoms with Gasteiger partial charge in [0.1, 0.15) is 6.67 Å². The number of halogens is 3. The SMILES string of the molecule is FCc1cnc(F)c(I)c1. The Hall–Kier alpha value is -0.260. The van der Waals surface area contributed by atoms with Gasteiger partial charge in [-0.1, -0.05) is 0 Å². The minimum absolute atomic E-state index is 0.354. The highest BCUT2D eigenvalue weighted by Gasteiger charge is 1.99. The van der Waals surface area contributed by atoms with Crippen LogP contribution in [0.1, 0.15) is 5.56 Å². The number of nitrogens with zero attached hydrogens (tertiary/aromatic N) is 1. The standard InChI is InChI=1S/C6H4F2IN/c7-2-4-1-5(9)6(8)10-3-4/h1,3H,2H2. The molecule has 0 bridgehead atoms. The molecule has 0 amide bonds. The Bertz CT molecular complexity index is 239. The maximum atomic E-state index is 12.4. The van der Waals surface area contributed by atoms with Crippen molar-refractivity contribution in [1.82, 2.24) is 4.98 Å². The summed E-state index contributed by atoms with van der Waals surface area (Å²) in [7, 11) is 0. The predicted molar refractivity (Wildman–Crippen MR) is 41.7 cm³/mol. The van der Waals surface area contributed by atoms with E-state index < -0.39 is 12.6 Å². The summed E-state index contributed by atoms with van der Waals surface area (Å²) in [4.78, 5) is 3.34. The van der Waals surface area contributed by atoms with Crippen LogP contribution in [-0.2, 0) is 6.67 Å². The third-order valence-electron chi connectivity index (χ3n) is 1.01. The summed E-state index contributed by atoms with van der Waals surface area (Å²) < 4.78 is 24.6. The third-order valence-corrected chi connectivity index (χ3v) is 1.76. The molecule has 4 heteroatoms. The number of alkyl halides is 1. The van der Waals surface area contributed by atoms with Crippen molar-refractivity contribution in [3.8, 4) is 0 Å². The Morgan fingerprint density at radius 1 is 1.60 bits per heavy atom. The number of hydrogen-bond acceptors (Lipinski definition) is 1. The van der Waals surface area contributed by atoms with Gasteiger partial charge in [-0.2, -0.15) is 4.39 Å². The maximum absolute atomic E-state index is 12.4. The van der Waals surface area contributed by atoms with Crippen molar-refractivity contribution in [2.75, 3.05) is 0 Å². The molecule has 0 aromatic carbocycles. The number of hydrogen-bond donors (Lipinski definition) is 0. The monoisotopic (exact) mass is 255 g/mol. The molecule has 0 fully saturated rings. The van der Waals surface area contributed by atoms with Crippen molar-refractivity contribution >= 4 is 22.6 Å². The van der Waals surface area contributed by atoms with Gasteiger partial charge < -0.3 is 0 Å². The van der Waals surface area contributed by atoms with Crippen LogP contribution in [0.2, 0.25) is 0 Å². The van der Waals surface area contributed by atoms with Gasteiger partial charge in [0.2, 0.25) is 5.95 Å². The van der Waals surface area contributed by atoms with Crippen molar-refractivity contribution < 1.29 is 8.78 Å². The molecule has 1 heterocycles. The van der Waals surface area contributed by atoms with Crippen molar-refractivity contribution in [3.05, 3.63) is 27.3 Å². The van der Waals surface area contributed by atoms with Gasteiger partial charge in [0, 0.05) is 11.8 Å². The van der Waals surface area contributed by atoms with E-state index in [4.69, 9.17) is 0 Å². The Morgan fingerprint density at radius 3 is 2.80 bits per heavy atom. The summed E-state index contributed by atoms with van der Waals surface area (Å²) in [5, 5.41) is 0. The van der Waals surface area contributed by atoms with Crippen molar-refractivity contribution in [1.29, 1.82) is 0 Å². The van der Waals surface area contributed by atoms with Gasteiger partial charge in [-0.3, -0.25) is 0 Å². The number of pyridine rings is 1. The van der Waals surface area contributed by atoms with Gasteiger partial charge in [0.25, 0.3) is 0 Å². The highest BCUT2D eigenvalue weighted by molar-refractivity contribution is 14.1. The normalized spacial score (nSPS) is 9.90. The second-order valence-corrected chi connectivity index (χ2v) is 2.91. The molecule has 54 valence electrons. The fourth-order valence-electron chi connectivity index (χ4n) is 0.534. The molecule has 0 aliphatic carbocycles. The van der Waals surface area contributed by atoms with E-state index in [1.165, 1.54) is 12.3 Å².